The Labute approximate surface area is 143 Å². The summed E-state index contributed by atoms with van der Waals surface area (Å²) in [5.74, 6) is 0. The van der Waals surface area contributed by atoms with E-state index in [1.807, 2.05) is 6.92 Å². The third-order valence-electron chi connectivity index (χ3n) is 4.40. The molecule has 0 amide bonds. The van der Waals surface area contributed by atoms with Gasteiger partial charge in [-0.25, -0.2) is 9.97 Å². The van der Waals surface area contributed by atoms with Crippen LogP contribution in [0.5, 0.6) is 0 Å². The second kappa shape index (κ2) is 6.64. The molecule has 1 saturated carbocycles. The lowest BCUT2D eigenvalue weighted by Gasteiger charge is -2.34. The molecule has 2 aromatic heterocycles. The van der Waals surface area contributed by atoms with Gasteiger partial charge >= 0.3 is 6.55 Å². The van der Waals surface area contributed by atoms with Crippen molar-refractivity contribution < 1.29 is 13.9 Å². The van der Waals surface area contributed by atoms with Crippen LogP contribution in [0, 0.1) is 0 Å². The highest BCUT2D eigenvalue weighted by Gasteiger charge is 2.29. The highest BCUT2D eigenvalue weighted by molar-refractivity contribution is 6.29. The number of anilines is 1. The molecule has 0 spiro atoms. The Morgan fingerprint density at radius 1 is 1.38 bits per heavy atom. The SMILES string of the molecule is CC1(O)CCC(Nc2cc(Cl)ncc2-c2cn(C(F)F)cn2)CC1. The molecule has 0 saturated heterocycles. The van der Waals surface area contributed by atoms with Gasteiger partial charge in [-0.3, -0.25) is 4.57 Å². The summed E-state index contributed by atoms with van der Waals surface area (Å²) in [5, 5.41) is 13.8. The first-order chi connectivity index (χ1) is 11.3. The molecule has 2 aromatic rings. The van der Waals surface area contributed by atoms with Crippen molar-refractivity contribution in [3.63, 3.8) is 0 Å². The number of rotatable bonds is 4. The standard InChI is InChI=1S/C16H19ClF2N4O/c1-16(24)4-2-10(3-5-16)22-12-6-14(17)20-7-11(12)13-8-23(9-21-13)15(18)19/h6-10,15,24H,2-5H2,1H3,(H,20,22). The molecule has 130 valence electrons. The van der Waals surface area contributed by atoms with Gasteiger partial charge in [-0.05, 0) is 38.7 Å². The van der Waals surface area contributed by atoms with Gasteiger partial charge in [-0.2, -0.15) is 8.78 Å². The van der Waals surface area contributed by atoms with Gasteiger partial charge in [0.25, 0.3) is 0 Å². The summed E-state index contributed by atoms with van der Waals surface area (Å²) in [6.45, 7) is -0.793. The van der Waals surface area contributed by atoms with Crippen LogP contribution in [0.4, 0.5) is 14.5 Å². The minimum absolute atomic E-state index is 0.180. The van der Waals surface area contributed by atoms with Crippen molar-refractivity contribution in [2.45, 2.75) is 50.8 Å². The summed E-state index contributed by atoms with van der Waals surface area (Å²) in [7, 11) is 0. The summed E-state index contributed by atoms with van der Waals surface area (Å²) < 4.78 is 26.2. The molecule has 0 aliphatic heterocycles. The molecule has 5 nitrogen and oxygen atoms in total. The second-order valence-corrected chi connectivity index (χ2v) is 6.84. The smallest absolute Gasteiger partial charge is 0.319 e. The molecule has 1 fully saturated rings. The largest absolute Gasteiger partial charge is 0.390 e. The van der Waals surface area contributed by atoms with Crippen molar-refractivity contribution >= 4 is 17.3 Å². The number of nitrogens with zero attached hydrogens (tertiary/aromatic N) is 3. The Balaban J connectivity index is 1.83. The zero-order valence-electron chi connectivity index (χ0n) is 13.2. The zero-order chi connectivity index (χ0) is 17.3. The minimum Gasteiger partial charge on any atom is -0.390 e. The predicted octanol–water partition coefficient (Wildman–Crippen LogP) is 4.10. The molecule has 0 unspecified atom stereocenters. The van der Waals surface area contributed by atoms with Crippen LogP contribution < -0.4 is 5.32 Å². The van der Waals surface area contributed by atoms with Crippen molar-refractivity contribution in [1.29, 1.82) is 0 Å². The maximum absolute atomic E-state index is 12.8. The van der Waals surface area contributed by atoms with Crippen LogP contribution in [-0.4, -0.2) is 31.3 Å². The lowest BCUT2D eigenvalue weighted by Crippen LogP contribution is -2.35. The molecule has 1 aliphatic rings. The van der Waals surface area contributed by atoms with Gasteiger partial charge < -0.3 is 10.4 Å². The minimum atomic E-state index is -2.64. The van der Waals surface area contributed by atoms with Gasteiger partial charge in [0.15, 0.2) is 0 Å². The molecular weight excluding hydrogens is 338 g/mol. The molecule has 0 bridgehead atoms. The predicted molar refractivity (Wildman–Crippen MR) is 88.2 cm³/mol. The number of nitrogens with one attached hydrogen (secondary N) is 1. The second-order valence-electron chi connectivity index (χ2n) is 6.45. The molecule has 3 rings (SSSR count). The van der Waals surface area contributed by atoms with E-state index < -0.39 is 12.2 Å². The van der Waals surface area contributed by atoms with Crippen LogP contribution in [0.2, 0.25) is 5.15 Å². The van der Waals surface area contributed by atoms with E-state index in [4.69, 9.17) is 11.6 Å². The van der Waals surface area contributed by atoms with Gasteiger partial charge in [-0.15, -0.1) is 0 Å². The first-order valence-electron chi connectivity index (χ1n) is 7.80. The Kier molecular flexibility index (Phi) is 4.73. The zero-order valence-corrected chi connectivity index (χ0v) is 14.0. The molecular formula is C16H19ClF2N4O. The first kappa shape index (κ1) is 17.1. The number of imidazole rings is 1. The fourth-order valence-electron chi connectivity index (χ4n) is 2.94. The quantitative estimate of drug-likeness (QED) is 0.810. The summed E-state index contributed by atoms with van der Waals surface area (Å²) in [6, 6.07) is 1.85. The first-order valence-corrected chi connectivity index (χ1v) is 8.18. The molecule has 2 N–H and O–H groups in total. The Morgan fingerprint density at radius 3 is 2.71 bits per heavy atom. The van der Waals surface area contributed by atoms with Gasteiger partial charge in [0, 0.05) is 29.7 Å². The van der Waals surface area contributed by atoms with Gasteiger partial charge in [0.05, 0.1) is 17.6 Å². The lowest BCUT2D eigenvalue weighted by molar-refractivity contribution is 0.0196. The summed E-state index contributed by atoms with van der Waals surface area (Å²) in [5.41, 5.74) is 1.12. The van der Waals surface area contributed by atoms with E-state index in [-0.39, 0.29) is 6.04 Å². The number of hydrogen-bond acceptors (Lipinski definition) is 4. The van der Waals surface area contributed by atoms with Crippen molar-refractivity contribution in [1.82, 2.24) is 14.5 Å². The molecule has 0 aromatic carbocycles. The Morgan fingerprint density at radius 2 is 2.08 bits per heavy atom. The molecule has 2 heterocycles. The summed E-state index contributed by atoms with van der Waals surface area (Å²) in [4.78, 5) is 8.07. The molecule has 1 aliphatic carbocycles. The van der Waals surface area contributed by atoms with Crippen LogP contribution in [0.25, 0.3) is 11.3 Å². The fourth-order valence-corrected chi connectivity index (χ4v) is 3.10. The monoisotopic (exact) mass is 356 g/mol. The number of pyridine rings is 1. The van der Waals surface area contributed by atoms with Gasteiger partial charge in [0.1, 0.15) is 5.15 Å². The summed E-state index contributed by atoms with van der Waals surface area (Å²) >= 11 is 5.99. The normalized spacial score (nSPS) is 24.3. The van der Waals surface area contributed by atoms with E-state index in [1.165, 1.54) is 12.4 Å². The highest BCUT2D eigenvalue weighted by Crippen LogP contribution is 2.33. The van der Waals surface area contributed by atoms with Crippen LogP contribution >= 0.6 is 11.6 Å². The molecule has 0 atom stereocenters. The van der Waals surface area contributed by atoms with Crippen molar-refractivity contribution in [2.75, 3.05) is 5.32 Å². The van der Waals surface area contributed by atoms with Crippen LogP contribution in [-0.2, 0) is 0 Å². The van der Waals surface area contributed by atoms with Gasteiger partial charge in [0.2, 0.25) is 0 Å². The number of alkyl halides is 2. The maximum atomic E-state index is 12.8. The van der Waals surface area contributed by atoms with E-state index in [0.29, 0.717) is 34.9 Å². The molecule has 8 heteroatoms. The third kappa shape index (κ3) is 3.84. The van der Waals surface area contributed by atoms with E-state index >= 15 is 0 Å². The average molecular weight is 357 g/mol. The van der Waals surface area contributed by atoms with Gasteiger partial charge in [-0.1, -0.05) is 11.6 Å². The fraction of sp³-hybridized carbons (Fsp3) is 0.500. The number of halogens is 3. The topological polar surface area (TPSA) is 63.0 Å². The molecule has 0 radical (unpaired) electrons. The Hall–Kier alpha value is -1.73. The van der Waals surface area contributed by atoms with E-state index in [0.717, 1.165) is 23.7 Å². The number of aliphatic hydroxyl groups is 1. The Bertz CT molecular complexity index is 710. The van der Waals surface area contributed by atoms with E-state index in [2.05, 4.69) is 15.3 Å². The maximum Gasteiger partial charge on any atom is 0.319 e. The summed E-state index contributed by atoms with van der Waals surface area (Å²) in [6.07, 6.45) is 6.96. The van der Waals surface area contributed by atoms with Crippen LogP contribution in [0.1, 0.15) is 39.2 Å². The van der Waals surface area contributed by atoms with Crippen LogP contribution in [0.3, 0.4) is 0 Å². The van der Waals surface area contributed by atoms with Crippen molar-refractivity contribution in [3.05, 3.63) is 29.9 Å². The number of hydrogen-bond donors (Lipinski definition) is 2. The third-order valence-corrected chi connectivity index (χ3v) is 4.60. The van der Waals surface area contributed by atoms with E-state index in [1.54, 1.807) is 6.07 Å². The average Bonchev–Trinajstić information content (AvgIpc) is 2.99. The highest BCUT2D eigenvalue weighted by atomic mass is 35.5. The van der Waals surface area contributed by atoms with Crippen molar-refractivity contribution in [2.24, 2.45) is 0 Å². The van der Waals surface area contributed by atoms with E-state index in [9.17, 15) is 13.9 Å². The molecule has 24 heavy (non-hydrogen) atoms. The number of aromatic nitrogens is 3. The lowest BCUT2D eigenvalue weighted by atomic mass is 9.83. The van der Waals surface area contributed by atoms with Crippen molar-refractivity contribution in [3.8, 4) is 11.3 Å². The van der Waals surface area contributed by atoms with Crippen LogP contribution in [0.15, 0.2) is 24.8 Å².